The van der Waals surface area contributed by atoms with E-state index in [1.807, 2.05) is 38.1 Å². The van der Waals surface area contributed by atoms with Crippen LogP contribution in [0.5, 0.6) is 23.0 Å². The number of carbonyl (C=O) groups excluding carboxylic acids is 2. The molecule has 4 aromatic rings. The molecule has 2 aliphatic heterocycles. The molecule has 1 aromatic heterocycles. The van der Waals surface area contributed by atoms with E-state index in [1.165, 1.54) is 28.0 Å². The molecule has 13 heteroatoms. The van der Waals surface area contributed by atoms with Crippen LogP contribution in [0.15, 0.2) is 70.6 Å². The Morgan fingerprint density at radius 2 is 1.78 bits per heavy atom. The molecular formula is C33H30ClN3O7S2. The van der Waals surface area contributed by atoms with Gasteiger partial charge in [-0.3, -0.25) is 14.5 Å². The van der Waals surface area contributed by atoms with Crippen molar-refractivity contribution in [3.63, 3.8) is 0 Å². The van der Waals surface area contributed by atoms with E-state index >= 15 is 0 Å². The Balaban J connectivity index is 1.42. The van der Waals surface area contributed by atoms with Crippen LogP contribution in [0.4, 0.5) is 5.13 Å². The third-order valence-corrected chi connectivity index (χ3v) is 9.56. The number of benzene rings is 3. The maximum absolute atomic E-state index is 13.8. The largest absolute Gasteiger partial charge is 0.507 e. The molecule has 3 heterocycles. The number of anilines is 1. The van der Waals surface area contributed by atoms with Crippen molar-refractivity contribution in [2.45, 2.75) is 36.4 Å². The van der Waals surface area contributed by atoms with E-state index in [-0.39, 0.29) is 16.5 Å². The zero-order chi connectivity index (χ0) is 32.2. The number of aliphatic hydroxyl groups is 1. The van der Waals surface area contributed by atoms with Crippen LogP contribution in [0, 0.1) is 0 Å². The maximum Gasteiger partial charge on any atom is 0.301 e. The number of nitrogens with zero attached hydrogens (tertiary/aromatic N) is 3. The molecule has 0 bridgehead atoms. The predicted molar refractivity (Wildman–Crippen MR) is 177 cm³/mol. The minimum Gasteiger partial charge on any atom is -0.507 e. The van der Waals surface area contributed by atoms with E-state index in [2.05, 4.69) is 10.2 Å². The first-order chi connectivity index (χ1) is 22.4. The van der Waals surface area contributed by atoms with Gasteiger partial charge >= 0.3 is 5.91 Å². The molecular weight excluding hydrogens is 650 g/mol. The number of rotatable bonds is 11. The maximum atomic E-state index is 13.8. The first kappa shape index (κ1) is 31.7. The number of carbonyl (C=O) groups is 2. The molecule has 2 aliphatic rings. The molecule has 10 nitrogen and oxygen atoms in total. The second-order valence-electron chi connectivity index (χ2n) is 10.3. The summed E-state index contributed by atoms with van der Waals surface area (Å²) in [7, 11) is 0. The summed E-state index contributed by atoms with van der Waals surface area (Å²) in [6.45, 7) is 5.48. The van der Waals surface area contributed by atoms with Crippen LogP contribution in [0.1, 0.15) is 43.0 Å². The molecule has 1 amide bonds. The molecule has 6 rings (SSSR count). The Bertz CT molecular complexity index is 1790. The third-order valence-electron chi connectivity index (χ3n) is 7.18. The lowest BCUT2D eigenvalue weighted by atomic mass is 9.95. The zero-order valence-corrected chi connectivity index (χ0v) is 27.4. The molecule has 0 aliphatic carbocycles. The number of halogens is 1. The van der Waals surface area contributed by atoms with Crippen LogP contribution in [0.25, 0.3) is 5.76 Å². The Morgan fingerprint density at radius 1 is 1.00 bits per heavy atom. The normalized spacial score (nSPS) is 16.9. The van der Waals surface area contributed by atoms with Crippen molar-refractivity contribution in [2.24, 2.45) is 0 Å². The minimum absolute atomic E-state index is 0.100. The molecule has 0 saturated carbocycles. The Hall–Kier alpha value is -4.26. The highest BCUT2D eigenvalue weighted by Crippen LogP contribution is 2.46. The number of thioether (sulfide) groups is 1. The first-order valence-electron chi connectivity index (χ1n) is 14.7. The lowest BCUT2D eigenvalue weighted by molar-refractivity contribution is -0.132. The standard InChI is InChI=1S/C33H30ClN3O7S2/c1-3-13-42-23-11-7-20(16-25(23)41-4-2)28-27(29(38)21-8-12-24-26(17-21)44-15-14-43-24)30(39)31(40)37(28)32-35-36-33(46-32)45-18-19-5-9-22(34)10-6-19/h5-12,16-17,28,38H,3-4,13-15,18H2,1-2H3/t28-/m0/s1. The number of aromatic nitrogens is 2. The van der Waals surface area contributed by atoms with Gasteiger partial charge in [0.25, 0.3) is 5.78 Å². The number of amides is 1. The highest BCUT2D eigenvalue weighted by Gasteiger charge is 2.48. The van der Waals surface area contributed by atoms with Crippen molar-refractivity contribution in [1.29, 1.82) is 0 Å². The van der Waals surface area contributed by atoms with E-state index in [0.29, 0.717) is 75.7 Å². The van der Waals surface area contributed by atoms with Crippen molar-refractivity contribution in [1.82, 2.24) is 10.2 Å². The average Bonchev–Trinajstić information content (AvgIpc) is 3.65. The van der Waals surface area contributed by atoms with Crippen molar-refractivity contribution in [3.05, 3.63) is 87.9 Å². The zero-order valence-electron chi connectivity index (χ0n) is 25.0. The van der Waals surface area contributed by atoms with Crippen LogP contribution in [-0.2, 0) is 15.3 Å². The van der Waals surface area contributed by atoms with Gasteiger partial charge in [0, 0.05) is 16.3 Å². The van der Waals surface area contributed by atoms with Crippen LogP contribution in [-0.4, -0.2) is 53.4 Å². The fraction of sp³-hybridized carbons (Fsp3) is 0.273. The summed E-state index contributed by atoms with van der Waals surface area (Å²) in [5.41, 5.74) is 1.77. The highest BCUT2D eigenvalue weighted by molar-refractivity contribution is 8.00. The summed E-state index contributed by atoms with van der Waals surface area (Å²) in [6.07, 6.45) is 0.804. The van der Waals surface area contributed by atoms with Gasteiger partial charge in [-0.15, -0.1) is 10.2 Å². The summed E-state index contributed by atoms with van der Waals surface area (Å²) in [5.74, 6) is 0.516. The minimum atomic E-state index is -1.03. The van der Waals surface area contributed by atoms with Crippen molar-refractivity contribution in [2.75, 3.05) is 31.3 Å². The summed E-state index contributed by atoms with van der Waals surface area (Å²) in [4.78, 5) is 28.8. The smallest absolute Gasteiger partial charge is 0.301 e. The number of Topliss-reactive ketones (excluding diaryl/α,β-unsaturated/α-hetero) is 1. The lowest BCUT2D eigenvalue weighted by Crippen LogP contribution is -2.29. The predicted octanol–water partition coefficient (Wildman–Crippen LogP) is 7.07. The van der Waals surface area contributed by atoms with Gasteiger partial charge in [0.15, 0.2) is 27.3 Å². The third kappa shape index (κ3) is 6.51. The average molecular weight is 680 g/mol. The SMILES string of the molecule is CCCOc1ccc([C@H]2C(=C(O)c3ccc4c(c3)OCCO4)C(=O)C(=O)N2c2nnc(SCc3ccc(Cl)cc3)s2)cc1OCC. The van der Waals surface area contributed by atoms with Crippen LogP contribution in [0.3, 0.4) is 0 Å². The van der Waals surface area contributed by atoms with Gasteiger partial charge in [0.1, 0.15) is 19.0 Å². The summed E-state index contributed by atoms with van der Waals surface area (Å²) in [6, 6.07) is 16.6. The first-order valence-corrected chi connectivity index (χ1v) is 16.9. The van der Waals surface area contributed by atoms with Crippen molar-refractivity contribution in [3.8, 4) is 23.0 Å². The van der Waals surface area contributed by atoms with E-state index in [4.69, 9.17) is 30.5 Å². The van der Waals surface area contributed by atoms with Gasteiger partial charge < -0.3 is 24.1 Å². The molecule has 46 heavy (non-hydrogen) atoms. The Kier molecular flexibility index (Phi) is 9.67. The van der Waals surface area contributed by atoms with Gasteiger partial charge in [-0.2, -0.15) is 0 Å². The molecule has 1 saturated heterocycles. The van der Waals surface area contributed by atoms with E-state index < -0.39 is 17.7 Å². The van der Waals surface area contributed by atoms with Crippen LogP contribution >= 0.6 is 34.7 Å². The monoisotopic (exact) mass is 679 g/mol. The van der Waals surface area contributed by atoms with Crippen LogP contribution in [0.2, 0.25) is 5.02 Å². The molecule has 0 spiro atoms. The molecule has 1 fully saturated rings. The fourth-order valence-electron chi connectivity index (χ4n) is 5.07. The quantitative estimate of drug-likeness (QED) is 0.0579. The topological polar surface area (TPSA) is 120 Å². The second kappa shape index (κ2) is 14.0. The second-order valence-corrected chi connectivity index (χ2v) is 12.9. The molecule has 1 N–H and O–H groups in total. The van der Waals surface area contributed by atoms with Gasteiger partial charge in [0.2, 0.25) is 5.13 Å². The lowest BCUT2D eigenvalue weighted by Gasteiger charge is -2.24. The molecule has 0 unspecified atom stereocenters. The Labute approximate surface area is 278 Å². The van der Waals surface area contributed by atoms with E-state index in [0.717, 1.165) is 12.0 Å². The van der Waals surface area contributed by atoms with Gasteiger partial charge in [-0.1, -0.05) is 59.8 Å². The van der Waals surface area contributed by atoms with E-state index in [9.17, 15) is 14.7 Å². The van der Waals surface area contributed by atoms with Gasteiger partial charge in [-0.05, 0) is 66.9 Å². The number of ether oxygens (including phenoxy) is 4. The highest BCUT2D eigenvalue weighted by atomic mass is 35.5. The number of hydrogen-bond donors (Lipinski definition) is 1. The van der Waals surface area contributed by atoms with Gasteiger partial charge in [-0.25, -0.2) is 0 Å². The van der Waals surface area contributed by atoms with Crippen LogP contribution < -0.4 is 23.8 Å². The molecule has 0 radical (unpaired) electrons. The van der Waals surface area contributed by atoms with Crippen molar-refractivity contribution < 1.29 is 33.6 Å². The Morgan fingerprint density at radius 3 is 2.54 bits per heavy atom. The number of hydrogen-bond acceptors (Lipinski definition) is 11. The van der Waals surface area contributed by atoms with Gasteiger partial charge in [0.05, 0.1) is 24.8 Å². The van der Waals surface area contributed by atoms with E-state index in [1.54, 1.807) is 36.4 Å². The summed E-state index contributed by atoms with van der Waals surface area (Å²) >= 11 is 8.65. The number of ketones is 1. The molecule has 1 atom stereocenters. The fourth-order valence-corrected chi connectivity index (χ4v) is 7.02. The summed E-state index contributed by atoms with van der Waals surface area (Å²) < 4.78 is 23.7. The number of fused-ring (bicyclic) bond motifs is 1. The molecule has 238 valence electrons. The number of aliphatic hydroxyl groups excluding tert-OH is 1. The molecule has 3 aromatic carbocycles. The van der Waals surface area contributed by atoms with Crippen molar-refractivity contribution >= 4 is 57.3 Å². The summed E-state index contributed by atoms with van der Waals surface area (Å²) in [5, 5.41) is 21.1.